The summed E-state index contributed by atoms with van der Waals surface area (Å²) in [5, 5.41) is 3.24. The molecule has 1 fully saturated rings. The second-order valence-electron chi connectivity index (χ2n) is 7.39. The number of nitrogens with one attached hydrogen (secondary N) is 1. The zero-order valence-electron chi connectivity index (χ0n) is 17.5. The van der Waals surface area contributed by atoms with Crippen LogP contribution in [0.3, 0.4) is 0 Å². The summed E-state index contributed by atoms with van der Waals surface area (Å²) in [6, 6.07) is 18.1. The molecule has 1 N–H and O–H groups in total. The van der Waals surface area contributed by atoms with E-state index in [1.165, 1.54) is 6.08 Å². The first-order valence-corrected chi connectivity index (χ1v) is 10.7. The molecular formula is C25H18Cl2N2O4. The summed E-state index contributed by atoms with van der Waals surface area (Å²) in [6.07, 6.45) is 1.42. The highest BCUT2D eigenvalue weighted by atomic mass is 35.5. The second kappa shape index (κ2) is 9.48. The van der Waals surface area contributed by atoms with E-state index in [1.54, 1.807) is 66.7 Å². The van der Waals surface area contributed by atoms with Gasteiger partial charge in [0.15, 0.2) is 0 Å². The number of ether oxygens (including phenoxy) is 1. The number of urea groups is 1. The normalized spacial score (nSPS) is 15.1. The van der Waals surface area contributed by atoms with Crippen molar-refractivity contribution in [3.05, 3.63) is 99.0 Å². The fourth-order valence-electron chi connectivity index (χ4n) is 3.25. The number of carbonyl (C=O) groups excluding carboxylic acids is 3. The SMILES string of the molecule is Cc1ccc(N2C(=O)NC(=O)/C(=C/c3cccc(OCc4ccc(Cl)cc4Cl)c3)C2=O)cc1. The maximum absolute atomic E-state index is 13.0. The van der Waals surface area contributed by atoms with Crippen LogP contribution >= 0.6 is 23.2 Å². The van der Waals surface area contributed by atoms with Crippen molar-refractivity contribution in [3.63, 3.8) is 0 Å². The van der Waals surface area contributed by atoms with Gasteiger partial charge in [-0.1, -0.05) is 59.1 Å². The molecule has 1 aliphatic heterocycles. The Labute approximate surface area is 200 Å². The Morgan fingerprint density at radius 2 is 1.73 bits per heavy atom. The molecule has 6 nitrogen and oxygen atoms in total. The van der Waals surface area contributed by atoms with Crippen LogP contribution in [0.4, 0.5) is 10.5 Å². The number of barbiturate groups is 1. The Balaban J connectivity index is 1.57. The Morgan fingerprint density at radius 3 is 2.45 bits per heavy atom. The number of nitrogens with zero attached hydrogens (tertiary/aromatic N) is 1. The average Bonchev–Trinajstić information content (AvgIpc) is 2.77. The molecule has 0 bridgehead atoms. The number of halogens is 2. The number of hydrogen-bond donors (Lipinski definition) is 1. The third-order valence-electron chi connectivity index (χ3n) is 4.97. The topological polar surface area (TPSA) is 75.7 Å². The van der Waals surface area contributed by atoms with Crippen molar-refractivity contribution in [2.24, 2.45) is 0 Å². The van der Waals surface area contributed by atoms with Crippen LogP contribution in [0.5, 0.6) is 5.75 Å². The molecule has 8 heteroatoms. The van der Waals surface area contributed by atoms with Crippen LogP contribution < -0.4 is 15.0 Å². The number of rotatable bonds is 5. The number of carbonyl (C=O) groups is 3. The van der Waals surface area contributed by atoms with Crippen molar-refractivity contribution < 1.29 is 19.1 Å². The number of aryl methyl sites for hydroxylation is 1. The van der Waals surface area contributed by atoms with Crippen LogP contribution in [-0.4, -0.2) is 17.8 Å². The number of imide groups is 2. The molecule has 4 rings (SSSR count). The van der Waals surface area contributed by atoms with Crippen LogP contribution in [0.25, 0.3) is 6.08 Å². The summed E-state index contributed by atoms with van der Waals surface area (Å²) in [4.78, 5) is 38.7. The van der Waals surface area contributed by atoms with E-state index in [-0.39, 0.29) is 12.2 Å². The van der Waals surface area contributed by atoms with Gasteiger partial charge in [-0.15, -0.1) is 0 Å². The van der Waals surface area contributed by atoms with E-state index in [4.69, 9.17) is 27.9 Å². The smallest absolute Gasteiger partial charge is 0.335 e. The first kappa shape index (κ1) is 22.6. The summed E-state index contributed by atoms with van der Waals surface area (Å²) >= 11 is 12.1. The zero-order valence-corrected chi connectivity index (χ0v) is 19.0. The molecular weight excluding hydrogens is 463 g/mol. The van der Waals surface area contributed by atoms with Gasteiger partial charge in [0.25, 0.3) is 11.8 Å². The van der Waals surface area contributed by atoms with Crippen molar-refractivity contribution in [1.29, 1.82) is 0 Å². The highest BCUT2D eigenvalue weighted by molar-refractivity contribution is 6.39. The van der Waals surface area contributed by atoms with Gasteiger partial charge in [-0.05, 0) is 55.0 Å². The largest absolute Gasteiger partial charge is 0.489 e. The first-order chi connectivity index (χ1) is 15.8. The Hall–Kier alpha value is -3.61. The maximum atomic E-state index is 13.0. The minimum absolute atomic E-state index is 0.159. The second-order valence-corrected chi connectivity index (χ2v) is 8.23. The molecule has 166 valence electrons. The highest BCUT2D eigenvalue weighted by Gasteiger charge is 2.36. The minimum Gasteiger partial charge on any atom is -0.489 e. The van der Waals surface area contributed by atoms with Gasteiger partial charge in [-0.2, -0.15) is 0 Å². The molecule has 0 spiro atoms. The van der Waals surface area contributed by atoms with E-state index in [0.29, 0.717) is 27.0 Å². The predicted molar refractivity (Wildman–Crippen MR) is 127 cm³/mol. The van der Waals surface area contributed by atoms with Gasteiger partial charge in [0.1, 0.15) is 17.9 Å². The molecule has 0 aliphatic carbocycles. The van der Waals surface area contributed by atoms with Crippen LogP contribution in [0.15, 0.2) is 72.3 Å². The number of amides is 4. The monoisotopic (exact) mass is 480 g/mol. The van der Waals surface area contributed by atoms with Gasteiger partial charge >= 0.3 is 6.03 Å². The minimum atomic E-state index is -0.789. The Morgan fingerprint density at radius 1 is 0.970 bits per heavy atom. The zero-order chi connectivity index (χ0) is 23.5. The van der Waals surface area contributed by atoms with E-state index in [9.17, 15) is 14.4 Å². The van der Waals surface area contributed by atoms with E-state index in [0.717, 1.165) is 16.0 Å². The van der Waals surface area contributed by atoms with Gasteiger partial charge in [-0.25, -0.2) is 9.69 Å². The number of hydrogen-bond acceptors (Lipinski definition) is 4. The van der Waals surface area contributed by atoms with Crippen LogP contribution in [0.1, 0.15) is 16.7 Å². The molecule has 33 heavy (non-hydrogen) atoms. The summed E-state index contributed by atoms with van der Waals surface area (Å²) in [5.74, 6) is -0.940. The highest BCUT2D eigenvalue weighted by Crippen LogP contribution is 2.25. The molecule has 4 amide bonds. The molecule has 1 saturated heterocycles. The molecule has 0 atom stereocenters. The van der Waals surface area contributed by atoms with E-state index < -0.39 is 17.8 Å². The molecule has 0 aromatic heterocycles. The molecule has 1 heterocycles. The van der Waals surface area contributed by atoms with Crippen molar-refractivity contribution in [1.82, 2.24) is 5.32 Å². The van der Waals surface area contributed by atoms with Crippen LogP contribution in [0.2, 0.25) is 10.0 Å². The van der Waals surface area contributed by atoms with Crippen molar-refractivity contribution in [3.8, 4) is 5.75 Å². The molecule has 0 saturated carbocycles. The van der Waals surface area contributed by atoms with Crippen LogP contribution in [0, 0.1) is 6.92 Å². The summed E-state index contributed by atoms with van der Waals surface area (Å²) in [7, 11) is 0. The summed E-state index contributed by atoms with van der Waals surface area (Å²) in [6.45, 7) is 2.11. The van der Waals surface area contributed by atoms with Crippen molar-refractivity contribution in [2.45, 2.75) is 13.5 Å². The predicted octanol–water partition coefficient (Wildman–Crippen LogP) is 5.55. The lowest BCUT2D eigenvalue weighted by atomic mass is 10.1. The van der Waals surface area contributed by atoms with Crippen LogP contribution in [-0.2, 0) is 16.2 Å². The lowest BCUT2D eigenvalue weighted by Crippen LogP contribution is -2.54. The van der Waals surface area contributed by atoms with Crippen molar-refractivity contribution >= 4 is 52.8 Å². The molecule has 0 radical (unpaired) electrons. The lowest BCUT2D eigenvalue weighted by Gasteiger charge is -2.26. The Bertz CT molecular complexity index is 1290. The first-order valence-electron chi connectivity index (χ1n) is 9.97. The fourth-order valence-corrected chi connectivity index (χ4v) is 3.71. The maximum Gasteiger partial charge on any atom is 0.335 e. The molecule has 0 unspecified atom stereocenters. The van der Waals surface area contributed by atoms with Gasteiger partial charge in [0, 0.05) is 15.6 Å². The summed E-state index contributed by atoms with van der Waals surface area (Å²) < 4.78 is 5.81. The quantitative estimate of drug-likeness (QED) is 0.383. The Kier molecular flexibility index (Phi) is 6.49. The summed E-state index contributed by atoms with van der Waals surface area (Å²) in [5.41, 5.74) is 2.52. The fraction of sp³-hybridized carbons (Fsp3) is 0.0800. The third kappa shape index (κ3) is 5.08. The number of anilines is 1. The van der Waals surface area contributed by atoms with Gasteiger partial charge < -0.3 is 4.74 Å². The number of benzene rings is 3. The van der Waals surface area contributed by atoms with E-state index in [2.05, 4.69) is 5.32 Å². The lowest BCUT2D eigenvalue weighted by molar-refractivity contribution is -0.122. The standard InChI is InChI=1S/C25H18Cl2N2O4/c1-15-5-9-19(10-6-15)29-24(31)21(23(30)28-25(29)32)12-16-3-2-4-20(11-16)33-14-17-7-8-18(26)13-22(17)27/h2-13H,14H2,1H3,(H,28,30,32)/b21-12-. The molecule has 3 aromatic carbocycles. The van der Waals surface area contributed by atoms with E-state index >= 15 is 0 Å². The van der Waals surface area contributed by atoms with E-state index in [1.807, 2.05) is 6.92 Å². The molecule has 3 aromatic rings. The van der Waals surface area contributed by atoms with Gasteiger partial charge in [0.05, 0.1) is 5.69 Å². The van der Waals surface area contributed by atoms with Gasteiger partial charge in [0.2, 0.25) is 0 Å². The average molecular weight is 481 g/mol. The van der Waals surface area contributed by atoms with Gasteiger partial charge in [-0.3, -0.25) is 14.9 Å². The third-order valence-corrected chi connectivity index (χ3v) is 5.56. The molecule has 1 aliphatic rings. The van der Waals surface area contributed by atoms with Crippen molar-refractivity contribution in [2.75, 3.05) is 4.90 Å².